The Morgan fingerprint density at radius 2 is 1.69 bits per heavy atom. The molecule has 6 nitrogen and oxygen atoms in total. The fourth-order valence-corrected chi connectivity index (χ4v) is 4.08. The highest BCUT2D eigenvalue weighted by Gasteiger charge is 2.30. The number of rotatable bonds is 6. The van der Waals surface area contributed by atoms with Crippen LogP contribution in [0.15, 0.2) is 42.5 Å². The third-order valence-corrected chi connectivity index (χ3v) is 5.68. The average molecular weight is 502 g/mol. The molecular formula is C21H17Cl3F2N4O2. The summed E-state index contributed by atoms with van der Waals surface area (Å²) in [7, 11) is 0. The van der Waals surface area contributed by atoms with Gasteiger partial charge >= 0.3 is 6.61 Å². The van der Waals surface area contributed by atoms with E-state index in [0.29, 0.717) is 34.4 Å². The van der Waals surface area contributed by atoms with Crippen LogP contribution in [-0.4, -0.2) is 40.4 Å². The van der Waals surface area contributed by atoms with E-state index < -0.39 is 12.5 Å². The monoisotopic (exact) mass is 500 g/mol. The quantitative estimate of drug-likeness (QED) is 0.461. The van der Waals surface area contributed by atoms with Gasteiger partial charge in [0.1, 0.15) is 5.69 Å². The number of nitrogens with one attached hydrogen (secondary N) is 1. The molecular weight excluding hydrogens is 485 g/mol. The van der Waals surface area contributed by atoms with Crippen LogP contribution in [-0.2, 0) is 0 Å². The topological polar surface area (TPSA) is 59.4 Å². The van der Waals surface area contributed by atoms with Crippen molar-refractivity contribution in [3.05, 3.63) is 63.2 Å². The van der Waals surface area contributed by atoms with Crippen LogP contribution in [0.2, 0.25) is 15.1 Å². The molecule has 1 fully saturated rings. The Labute approximate surface area is 197 Å². The molecule has 32 heavy (non-hydrogen) atoms. The molecule has 1 aliphatic heterocycles. The van der Waals surface area contributed by atoms with Crippen LogP contribution in [0.25, 0.3) is 16.9 Å². The second kappa shape index (κ2) is 9.62. The zero-order chi connectivity index (χ0) is 22.8. The zero-order valence-electron chi connectivity index (χ0n) is 16.5. The van der Waals surface area contributed by atoms with E-state index in [-0.39, 0.29) is 22.2 Å². The summed E-state index contributed by atoms with van der Waals surface area (Å²) in [5.41, 5.74) is 3.31. The molecule has 1 aromatic heterocycles. The number of alkyl halides is 2. The minimum atomic E-state index is -3.18. The van der Waals surface area contributed by atoms with Crippen LogP contribution >= 0.6 is 34.8 Å². The first-order valence-corrected chi connectivity index (χ1v) is 10.8. The smallest absolute Gasteiger partial charge is 0.387 e. The standard InChI is InChI=1S/C21H17Cl3F2N4O2/c22-13-5-3-12(4-6-13)18-19(32-21(25)26)17(20(31)28-29-9-1-2-10-29)27-30(18)16-8-7-14(23)11-15(16)24/h3-8,11,21H,1-2,9-10H2,(H,28,31). The van der Waals surface area contributed by atoms with Gasteiger partial charge in [-0.3, -0.25) is 10.2 Å². The van der Waals surface area contributed by atoms with Crippen molar-refractivity contribution in [1.82, 2.24) is 20.2 Å². The predicted molar refractivity (Wildman–Crippen MR) is 119 cm³/mol. The first-order valence-electron chi connectivity index (χ1n) is 9.68. The lowest BCUT2D eigenvalue weighted by Crippen LogP contribution is -2.40. The van der Waals surface area contributed by atoms with E-state index in [1.54, 1.807) is 41.4 Å². The number of halogens is 5. The second-order valence-corrected chi connectivity index (χ2v) is 8.33. The molecule has 0 saturated carbocycles. The molecule has 2 heterocycles. The van der Waals surface area contributed by atoms with E-state index in [2.05, 4.69) is 10.5 Å². The van der Waals surface area contributed by atoms with Crippen molar-refractivity contribution in [3.8, 4) is 22.7 Å². The molecule has 4 rings (SSSR count). The van der Waals surface area contributed by atoms with Crippen molar-refractivity contribution in [2.75, 3.05) is 13.1 Å². The fourth-order valence-electron chi connectivity index (χ4n) is 3.47. The van der Waals surface area contributed by atoms with Crippen LogP contribution in [0.4, 0.5) is 8.78 Å². The maximum atomic E-state index is 13.4. The van der Waals surface area contributed by atoms with Gasteiger partial charge in [-0.05, 0) is 43.2 Å². The molecule has 1 amide bonds. The number of ether oxygens (including phenoxy) is 1. The number of nitrogens with zero attached hydrogens (tertiary/aromatic N) is 3. The molecule has 2 aromatic carbocycles. The maximum absolute atomic E-state index is 13.4. The largest absolute Gasteiger partial charge is 0.430 e. The maximum Gasteiger partial charge on any atom is 0.387 e. The summed E-state index contributed by atoms with van der Waals surface area (Å²) >= 11 is 18.4. The van der Waals surface area contributed by atoms with Gasteiger partial charge in [0, 0.05) is 28.7 Å². The van der Waals surface area contributed by atoms with Crippen LogP contribution in [0.5, 0.6) is 5.75 Å². The minimum Gasteiger partial charge on any atom is -0.430 e. The molecule has 0 radical (unpaired) electrons. The molecule has 0 unspecified atom stereocenters. The van der Waals surface area contributed by atoms with Gasteiger partial charge in [0.2, 0.25) is 0 Å². The number of carbonyl (C=O) groups is 1. The summed E-state index contributed by atoms with van der Waals surface area (Å²) in [6, 6.07) is 11.0. The molecule has 1 aliphatic rings. The summed E-state index contributed by atoms with van der Waals surface area (Å²) < 4.78 is 32.9. The molecule has 0 bridgehead atoms. The number of carbonyl (C=O) groups excluding carboxylic acids is 1. The lowest BCUT2D eigenvalue weighted by Gasteiger charge is -2.15. The molecule has 1 N–H and O–H groups in total. The minimum absolute atomic E-state index is 0.123. The number of amides is 1. The Kier molecular flexibility index (Phi) is 6.85. The fraction of sp³-hybridized carbons (Fsp3) is 0.238. The third kappa shape index (κ3) is 4.83. The summed E-state index contributed by atoms with van der Waals surface area (Å²) in [6.45, 7) is -1.87. The number of aromatic nitrogens is 2. The van der Waals surface area contributed by atoms with Gasteiger partial charge in [0.05, 0.1) is 10.7 Å². The van der Waals surface area contributed by atoms with Crippen LogP contribution in [0.1, 0.15) is 23.3 Å². The molecule has 3 aromatic rings. The molecule has 1 saturated heterocycles. The summed E-state index contributed by atoms with van der Waals surface area (Å²) in [4.78, 5) is 13.0. The average Bonchev–Trinajstić information content (AvgIpc) is 3.36. The van der Waals surface area contributed by atoms with E-state index in [0.717, 1.165) is 12.8 Å². The van der Waals surface area contributed by atoms with Crippen molar-refractivity contribution in [2.45, 2.75) is 19.5 Å². The Morgan fingerprint density at radius 1 is 1.03 bits per heavy atom. The van der Waals surface area contributed by atoms with Gasteiger partial charge in [-0.1, -0.05) is 46.9 Å². The van der Waals surface area contributed by atoms with Crippen molar-refractivity contribution in [1.29, 1.82) is 0 Å². The lowest BCUT2D eigenvalue weighted by atomic mass is 10.1. The van der Waals surface area contributed by atoms with Crippen LogP contribution in [0, 0.1) is 0 Å². The predicted octanol–water partition coefficient (Wildman–Crippen LogP) is 5.84. The van der Waals surface area contributed by atoms with Gasteiger partial charge < -0.3 is 4.74 Å². The first-order chi connectivity index (χ1) is 15.3. The number of benzene rings is 2. The second-order valence-electron chi connectivity index (χ2n) is 7.05. The molecule has 0 atom stereocenters. The Balaban J connectivity index is 1.91. The molecule has 11 heteroatoms. The van der Waals surface area contributed by atoms with Gasteiger partial charge in [0.25, 0.3) is 5.91 Å². The Hall–Kier alpha value is -2.39. The summed E-state index contributed by atoms with van der Waals surface area (Å²) in [6.07, 6.45) is 1.84. The van der Waals surface area contributed by atoms with Crippen molar-refractivity contribution in [3.63, 3.8) is 0 Å². The van der Waals surface area contributed by atoms with E-state index in [1.165, 1.54) is 10.7 Å². The number of hydrogen-bond acceptors (Lipinski definition) is 4. The number of hydrazine groups is 1. The van der Waals surface area contributed by atoms with E-state index in [1.807, 2.05) is 0 Å². The summed E-state index contributed by atoms with van der Waals surface area (Å²) in [5, 5.41) is 7.09. The van der Waals surface area contributed by atoms with Crippen LogP contribution in [0.3, 0.4) is 0 Å². The van der Waals surface area contributed by atoms with Gasteiger partial charge in [0.15, 0.2) is 11.4 Å². The lowest BCUT2D eigenvalue weighted by molar-refractivity contribution is -0.0498. The Morgan fingerprint density at radius 3 is 2.31 bits per heavy atom. The first kappa shape index (κ1) is 22.8. The Bertz CT molecular complexity index is 1130. The molecule has 0 spiro atoms. The summed E-state index contributed by atoms with van der Waals surface area (Å²) in [5.74, 6) is -1.04. The van der Waals surface area contributed by atoms with Gasteiger partial charge in [-0.2, -0.15) is 13.9 Å². The highest BCUT2D eigenvalue weighted by molar-refractivity contribution is 6.35. The molecule has 0 aliphatic carbocycles. The highest BCUT2D eigenvalue weighted by Crippen LogP contribution is 2.39. The normalized spacial score (nSPS) is 14.2. The van der Waals surface area contributed by atoms with Crippen molar-refractivity contribution in [2.24, 2.45) is 0 Å². The van der Waals surface area contributed by atoms with E-state index >= 15 is 0 Å². The van der Waals surface area contributed by atoms with E-state index in [9.17, 15) is 13.6 Å². The van der Waals surface area contributed by atoms with E-state index in [4.69, 9.17) is 39.5 Å². The zero-order valence-corrected chi connectivity index (χ0v) is 18.8. The SMILES string of the molecule is O=C(NN1CCCC1)c1nn(-c2ccc(Cl)cc2Cl)c(-c2ccc(Cl)cc2)c1OC(F)F. The highest BCUT2D eigenvalue weighted by atomic mass is 35.5. The van der Waals surface area contributed by atoms with Crippen molar-refractivity contribution < 1.29 is 18.3 Å². The molecule has 168 valence electrons. The van der Waals surface area contributed by atoms with Gasteiger partial charge in [-0.25, -0.2) is 9.69 Å². The number of hydrogen-bond donors (Lipinski definition) is 1. The third-order valence-electron chi connectivity index (χ3n) is 4.89. The van der Waals surface area contributed by atoms with Crippen molar-refractivity contribution >= 4 is 40.7 Å². The van der Waals surface area contributed by atoms with Crippen LogP contribution < -0.4 is 10.2 Å². The van der Waals surface area contributed by atoms with Gasteiger partial charge in [-0.15, -0.1) is 0 Å².